The third-order valence-corrected chi connectivity index (χ3v) is 4.14. The van der Waals surface area contributed by atoms with Crippen molar-refractivity contribution in [1.82, 2.24) is 15.0 Å². The number of ether oxygens (including phenoxy) is 1. The topological polar surface area (TPSA) is 147 Å². The van der Waals surface area contributed by atoms with Crippen LogP contribution in [0.5, 0.6) is 0 Å². The Morgan fingerprint density at radius 1 is 1.24 bits per heavy atom. The highest BCUT2D eigenvalue weighted by atomic mass is 31.2. The predicted octanol–water partition coefficient (Wildman–Crippen LogP) is -0.187. The Morgan fingerprint density at radius 3 is 2.56 bits per heavy atom. The molecule has 1 aromatic carbocycles. The molecule has 0 amide bonds. The maximum atomic E-state index is 13.0. The van der Waals surface area contributed by atoms with Gasteiger partial charge in [-0.05, 0) is 24.3 Å². The number of hydrogen-bond donors (Lipinski definition) is 4. The van der Waals surface area contributed by atoms with E-state index in [2.05, 4.69) is 14.8 Å². The standard InChI is InChI=1S/C13H15FN3O7P/c14-8-3-1-7(2-4-8)9-5-17(16-15-9)13-12(19)11(18)10(24-13)6-23-25(20,21)22/h1-5,10-13,18-19H,6H2,(H2,20,21,22)/t10-,11-,12-,13-/m1/s1. The second kappa shape index (κ2) is 6.89. The summed E-state index contributed by atoms with van der Waals surface area (Å²) in [5, 5.41) is 27.7. The van der Waals surface area contributed by atoms with Crippen molar-refractivity contribution >= 4 is 7.82 Å². The van der Waals surface area contributed by atoms with E-state index in [1.54, 1.807) is 0 Å². The molecule has 1 aromatic heterocycles. The van der Waals surface area contributed by atoms with E-state index in [4.69, 9.17) is 14.5 Å². The number of aromatic nitrogens is 3. The highest BCUT2D eigenvalue weighted by Crippen LogP contribution is 2.38. The van der Waals surface area contributed by atoms with Gasteiger partial charge in [0.25, 0.3) is 0 Å². The van der Waals surface area contributed by atoms with Gasteiger partial charge >= 0.3 is 7.82 Å². The van der Waals surface area contributed by atoms with Crippen molar-refractivity contribution in [1.29, 1.82) is 0 Å². The smallest absolute Gasteiger partial charge is 0.387 e. The van der Waals surface area contributed by atoms with Crippen LogP contribution in [0.15, 0.2) is 30.5 Å². The number of rotatable bonds is 5. The normalized spacial score (nSPS) is 26.9. The number of phosphoric acid groups is 1. The van der Waals surface area contributed by atoms with E-state index in [9.17, 15) is 19.2 Å². The highest BCUT2D eigenvalue weighted by Gasteiger charge is 2.45. The molecule has 2 heterocycles. The van der Waals surface area contributed by atoms with E-state index >= 15 is 0 Å². The number of phosphoric ester groups is 1. The van der Waals surface area contributed by atoms with Crippen molar-refractivity contribution in [3.8, 4) is 11.3 Å². The van der Waals surface area contributed by atoms with Crippen LogP contribution in [-0.2, 0) is 13.8 Å². The quantitative estimate of drug-likeness (QED) is 0.522. The first-order chi connectivity index (χ1) is 11.7. The second-order valence-corrected chi connectivity index (χ2v) is 6.66. The number of aliphatic hydroxyl groups is 2. The molecule has 0 spiro atoms. The Labute approximate surface area is 140 Å². The van der Waals surface area contributed by atoms with Gasteiger partial charge in [0, 0.05) is 5.56 Å². The lowest BCUT2D eigenvalue weighted by molar-refractivity contribution is -0.0586. The molecule has 12 heteroatoms. The molecule has 4 atom stereocenters. The van der Waals surface area contributed by atoms with Crippen LogP contribution in [0.1, 0.15) is 6.23 Å². The Hall–Kier alpha value is -1.72. The lowest BCUT2D eigenvalue weighted by Gasteiger charge is -2.14. The van der Waals surface area contributed by atoms with Crippen molar-refractivity contribution < 1.29 is 38.2 Å². The van der Waals surface area contributed by atoms with Gasteiger partial charge in [0.15, 0.2) is 6.23 Å². The summed E-state index contributed by atoms with van der Waals surface area (Å²) in [6.07, 6.45) is -3.70. The molecule has 25 heavy (non-hydrogen) atoms. The van der Waals surface area contributed by atoms with Crippen molar-refractivity contribution in [2.45, 2.75) is 24.5 Å². The van der Waals surface area contributed by atoms with Gasteiger partial charge in [0.2, 0.25) is 0 Å². The lowest BCUT2D eigenvalue weighted by Crippen LogP contribution is -2.33. The van der Waals surface area contributed by atoms with Crippen LogP contribution in [-0.4, -0.2) is 59.9 Å². The van der Waals surface area contributed by atoms with Crippen LogP contribution in [0, 0.1) is 5.82 Å². The molecule has 4 N–H and O–H groups in total. The predicted molar refractivity (Wildman–Crippen MR) is 79.3 cm³/mol. The van der Waals surface area contributed by atoms with Crippen LogP contribution in [0.25, 0.3) is 11.3 Å². The second-order valence-electron chi connectivity index (χ2n) is 5.42. The third-order valence-electron chi connectivity index (χ3n) is 3.66. The summed E-state index contributed by atoms with van der Waals surface area (Å²) in [7, 11) is -4.73. The van der Waals surface area contributed by atoms with E-state index in [1.165, 1.54) is 30.5 Å². The molecular formula is C13H15FN3O7P. The van der Waals surface area contributed by atoms with Gasteiger partial charge in [-0.2, -0.15) is 0 Å². The van der Waals surface area contributed by atoms with E-state index in [0.29, 0.717) is 11.3 Å². The van der Waals surface area contributed by atoms with Crippen molar-refractivity contribution in [3.05, 3.63) is 36.3 Å². The fourth-order valence-electron chi connectivity index (χ4n) is 2.41. The first kappa shape index (κ1) is 18.1. The molecule has 2 aromatic rings. The van der Waals surface area contributed by atoms with Gasteiger partial charge in [0.1, 0.15) is 29.8 Å². The number of aliphatic hydroxyl groups excluding tert-OH is 2. The van der Waals surface area contributed by atoms with Gasteiger partial charge in [-0.1, -0.05) is 5.21 Å². The van der Waals surface area contributed by atoms with Gasteiger partial charge in [0.05, 0.1) is 12.8 Å². The van der Waals surface area contributed by atoms with E-state index in [-0.39, 0.29) is 0 Å². The third kappa shape index (κ3) is 4.10. The summed E-state index contributed by atoms with van der Waals surface area (Å²) in [4.78, 5) is 17.4. The van der Waals surface area contributed by atoms with Gasteiger partial charge in [-0.3, -0.25) is 4.52 Å². The van der Waals surface area contributed by atoms with Crippen molar-refractivity contribution in [3.63, 3.8) is 0 Å². The summed E-state index contributed by atoms with van der Waals surface area (Å²) in [6, 6.07) is 5.52. The Balaban J connectivity index is 1.73. The van der Waals surface area contributed by atoms with Gasteiger partial charge < -0.3 is 24.7 Å². The summed E-state index contributed by atoms with van der Waals surface area (Å²) in [5.41, 5.74) is 0.974. The summed E-state index contributed by atoms with van der Waals surface area (Å²) in [6.45, 7) is -0.613. The summed E-state index contributed by atoms with van der Waals surface area (Å²) < 4.78 is 34.5. The van der Waals surface area contributed by atoms with Crippen LogP contribution in [0.2, 0.25) is 0 Å². The monoisotopic (exact) mass is 375 g/mol. The Kier molecular flexibility index (Phi) is 4.98. The van der Waals surface area contributed by atoms with Crippen molar-refractivity contribution in [2.75, 3.05) is 6.61 Å². The molecule has 3 rings (SSSR count). The Bertz CT molecular complexity index is 780. The molecule has 136 valence electrons. The average molecular weight is 375 g/mol. The maximum Gasteiger partial charge on any atom is 0.469 e. The molecule has 10 nitrogen and oxygen atoms in total. The number of hydrogen-bond acceptors (Lipinski definition) is 7. The number of benzene rings is 1. The molecule has 1 aliphatic heterocycles. The SMILES string of the molecule is O=P(O)(O)OC[C@H]1O[C@@H](n2cc(-c3ccc(F)cc3)nn2)[C@H](O)[C@@H]1O. The van der Waals surface area contributed by atoms with Crippen LogP contribution in [0.3, 0.4) is 0 Å². The van der Waals surface area contributed by atoms with Gasteiger partial charge in [-0.25, -0.2) is 13.6 Å². The Morgan fingerprint density at radius 2 is 1.92 bits per heavy atom. The molecule has 0 saturated carbocycles. The first-order valence-corrected chi connectivity index (χ1v) is 8.67. The van der Waals surface area contributed by atoms with E-state index in [1.807, 2.05) is 0 Å². The first-order valence-electron chi connectivity index (χ1n) is 7.14. The zero-order chi connectivity index (χ0) is 18.2. The maximum absolute atomic E-state index is 13.0. The van der Waals surface area contributed by atoms with Crippen molar-refractivity contribution in [2.24, 2.45) is 0 Å². The molecule has 0 unspecified atom stereocenters. The zero-order valence-corrected chi connectivity index (χ0v) is 13.5. The minimum Gasteiger partial charge on any atom is -0.387 e. The molecule has 1 fully saturated rings. The van der Waals surface area contributed by atoms with E-state index in [0.717, 1.165) is 4.68 Å². The molecule has 1 saturated heterocycles. The molecule has 0 aliphatic carbocycles. The minimum atomic E-state index is -4.73. The molecular weight excluding hydrogens is 360 g/mol. The van der Waals surface area contributed by atoms with Gasteiger partial charge in [-0.15, -0.1) is 5.10 Å². The highest BCUT2D eigenvalue weighted by molar-refractivity contribution is 7.46. The zero-order valence-electron chi connectivity index (χ0n) is 12.6. The molecule has 0 bridgehead atoms. The lowest BCUT2D eigenvalue weighted by atomic mass is 10.1. The fraction of sp³-hybridized carbons (Fsp3) is 0.385. The summed E-state index contributed by atoms with van der Waals surface area (Å²) >= 11 is 0. The molecule has 1 aliphatic rings. The molecule has 0 radical (unpaired) electrons. The van der Waals surface area contributed by atoms with Crippen LogP contribution < -0.4 is 0 Å². The number of nitrogens with zero attached hydrogens (tertiary/aromatic N) is 3. The number of halogens is 1. The summed E-state index contributed by atoms with van der Waals surface area (Å²) in [5.74, 6) is -0.401. The average Bonchev–Trinajstić information content (AvgIpc) is 3.12. The van der Waals surface area contributed by atoms with E-state index < -0.39 is 44.8 Å². The van der Waals surface area contributed by atoms with Crippen LogP contribution in [0.4, 0.5) is 4.39 Å². The largest absolute Gasteiger partial charge is 0.469 e. The fourth-order valence-corrected chi connectivity index (χ4v) is 2.75. The van der Waals surface area contributed by atoms with Crippen LogP contribution >= 0.6 is 7.82 Å². The minimum absolute atomic E-state index is 0.389.